The number of hydrogen-bond donors (Lipinski definition) is 2. The molecule has 1 fully saturated rings. The summed E-state index contributed by atoms with van der Waals surface area (Å²) in [6.07, 6.45) is 0.444. The van der Waals surface area contributed by atoms with Crippen molar-refractivity contribution in [1.82, 2.24) is 9.80 Å². The van der Waals surface area contributed by atoms with Gasteiger partial charge in [0.2, 0.25) is 5.91 Å². The molecule has 1 amide bonds. The van der Waals surface area contributed by atoms with Crippen LogP contribution in [0.25, 0.3) is 0 Å². The van der Waals surface area contributed by atoms with E-state index in [4.69, 9.17) is 10.8 Å². The molecular weight excluding hydrogens is 182 g/mol. The molecule has 0 radical (unpaired) electrons. The molecule has 0 aromatic rings. The van der Waals surface area contributed by atoms with Crippen molar-refractivity contribution < 1.29 is 9.90 Å². The molecule has 0 unspecified atom stereocenters. The van der Waals surface area contributed by atoms with Gasteiger partial charge in [0.15, 0.2) is 0 Å². The van der Waals surface area contributed by atoms with Gasteiger partial charge in [0.05, 0.1) is 6.61 Å². The highest BCUT2D eigenvalue weighted by molar-refractivity contribution is 5.76. The summed E-state index contributed by atoms with van der Waals surface area (Å²) < 4.78 is 0. The Labute approximate surface area is 84.5 Å². The number of hydrogen-bond acceptors (Lipinski definition) is 4. The van der Waals surface area contributed by atoms with Gasteiger partial charge in [0.25, 0.3) is 0 Å². The summed E-state index contributed by atoms with van der Waals surface area (Å²) in [6.45, 7) is 4.57. The van der Waals surface area contributed by atoms with E-state index in [1.165, 1.54) is 0 Å². The number of nitrogens with zero attached hydrogens (tertiary/aromatic N) is 2. The van der Waals surface area contributed by atoms with E-state index in [1.807, 2.05) is 4.90 Å². The Morgan fingerprint density at radius 3 is 2.43 bits per heavy atom. The maximum Gasteiger partial charge on any atom is 0.223 e. The van der Waals surface area contributed by atoms with Crippen LogP contribution in [0.2, 0.25) is 0 Å². The number of piperazine rings is 1. The van der Waals surface area contributed by atoms with Crippen LogP contribution in [-0.4, -0.2) is 66.7 Å². The molecule has 5 nitrogen and oxygen atoms in total. The van der Waals surface area contributed by atoms with Gasteiger partial charge in [-0.3, -0.25) is 9.69 Å². The molecule has 1 saturated heterocycles. The van der Waals surface area contributed by atoms with Gasteiger partial charge < -0.3 is 15.7 Å². The van der Waals surface area contributed by atoms with Gasteiger partial charge in [-0.25, -0.2) is 0 Å². The Morgan fingerprint density at radius 1 is 1.29 bits per heavy atom. The maximum atomic E-state index is 11.4. The van der Waals surface area contributed by atoms with Crippen LogP contribution in [0.15, 0.2) is 0 Å². The third kappa shape index (κ3) is 3.25. The van der Waals surface area contributed by atoms with E-state index in [9.17, 15) is 4.79 Å². The van der Waals surface area contributed by atoms with Crippen LogP contribution in [-0.2, 0) is 4.79 Å². The molecule has 0 aromatic heterocycles. The summed E-state index contributed by atoms with van der Waals surface area (Å²) in [4.78, 5) is 15.4. The first-order chi connectivity index (χ1) is 6.77. The number of carbonyl (C=O) groups excluding carboxylic acids is 1. The Morgan fingerprint density at radius 2 is 1.93 bits per heavy atom. The molecule has 5 heteroatoms. The third-order valence-electron chi connectivity index (χ3n) is 2.50. The molecule has 82 valence electrons. The van der Waals surface area contributed by atoms with Crippen LogP contribution in [0.3, 0.4) is 0 Å². The average molecular weight is 201 g/mol. The van der Waals surface area contributed by atoms with Crippen molar-refractivity contribution in [1.29, 1.82) is 0 Å². The van der Waals surface area contributed by atoms with Gasteiger partial charge in [-0.2, -0.15) is 0 Å². The highest BCUT2D eigenvalue weighted by atomic mass is 16.3. The number of amides is 1. The minimum absolute atomic E-state index is 0.149. The predicted molar refractivity (Wildman–Crippen MR) is 53.8 cm³/mol. The van der Waals surface area contributed by atoms with Gasteiger partial charge in [-0.05, 0) is 0 Å². The van der Waals surface area contributed by atoms with Crippen molar-refractivity contribution >= 4 is 5.91 Å². The van der Waals surface area contributed by atoms with Crippen molar-refractivity contribution in [2.45, 2.75) is 6.42 Å². The standard InChI is InChI=1S/C9H19N3O2/c10-2-1-9(14)12-5-3-11(4-6-12)7-8-13/h13H,1-8,10H2. The van der Waals surface area contributed by atoms with Crippen molar-refractivity contribution in [2.24, 2.45) is 5.73 Å². The number of aliphatic hydroxyl groups is 1. The van der Waals surface area contributed by atoms with Crippen LogP contribution in [0, 0.1) is 0 Å². The molecule has 1 heterocycles. The summed E-state index contributed by atoms with van der Waals surface area (Å²) in [5, 5.41) is 8.74. The third-order valence-corrected chi connectivity index (χ3v) is 2.50. The molecule has 14 heavy (non-hydrogen) atoms. The summed E-state index contributed by atoms with van der Waals surface area (Å²) in [5.74, 6) is 0.149. The van der Waals surface area contributed by atoms with E-state index in [-0.39, 0.29) is 12.5 Å². The molecule has 0 atom stereocenters. The van der Waals surface area contributed by atoms with Crippen molar-refractivity contribution in [3.8, 4) is 0 Å². The normalized spacial score (nSPS) is 18.6. The quantitative estimate of drug-likeness (QED) is 0.579. The predicted octanol–water partition coefficient (Wildman–Crippen LogP) is -1.53. The fourth-order valence-electron chi connectivity index (χ4n) is 1.64. The molecular formula is C9H19N3O2. The Bertz CT molecular complexity index is 179. The summed E-state index contributed by atoms with van der Waals surface area (Å²) in [5.41, 5.74) is 5.32. The fourth-order valence-corrected chi connectivity index (χ4v) is 1.64. The Kier molecular flexibility index (Phi) is 4.86. The lowest BCUT2D eigenvalue weighted by Crippen LogP contribution is -2.49. The lowest BCUT2D eigenvalue weighted by molar-refractivity contribution is -0.132. The molecule has 0 spiro atoms. The molecule has 1 rings (SSSR count). The minimum Gasteiger partial charge on any atom is -0.395 e. The van der Waals surface area contributed by atoms with Crippen LogP contribution in [0.5, 0.6) is 0 Å². The van der Waals surface area contributed by atoms with Crippen molar-refractivity contribution in [3.05, 3.63) is 0 Å². The first-order valence-electron chi connectivity index (χ1n) is 5.09. The highest BCUT2D eigenvalue weighted by Crippen LogP contribution is 2.02. The average Bonchev–Trinajstić information content (AvgIpc) is 2.20. The van der Waals surface area contributed by atoms with E-state index in [2.05, 4.69) is 4.90 Å². The maximum absolute atomic E-state index is 11.4. The van der Waals surface area contributed by atoms with Crippen LogP contribution < -0.4 is 5.73 Å². The second kappa shape index (κ2) is 5.95. The second-order valence-corrected chi connectivity index (χ2v) is 3.48. The van der Waals surface area contributed by atoms with Gasteiger partial charge in [-0.1, -0.05) is 0 Å². The highest BCUT2D eigenvalue weighted by Gasteiger charge is 2.19. The number of aliphatic hydroxyl groups excluding tert-OH is 1. The monoisotopic (exact) mass is 201 g/mol. The van der Waals surface area contributed by atoms with Crippen LogP contribution in [0.1, 0.15) is 6.42 Å². The molecule has 0 aromatic carbocycles. The van der Waals surface area contributed by atoms with Crippen LogP contribution >= 0.6 is 0 Å². The summed E-state index contributed by atoms with van der Waals surface area (Å²) in [7, 11) is 0. The summed E-state index contributed by atoms with van der Waals surface area (Å²) in [6, 6.07) is 0. The smallest absolute Gasteiger partial charge is 0.223 e. The zero-order valence-electron chi connectivity index (χ0n) is 8.48. The zero-order valence-corrected chi connectivity index (χ0v) is 8.48. The number of rotatable bonds is 4. The van der Waals surface area contributed by atoms with Crippen LogP contribution in [0.4, 0.5) is 0 Å². The Hall–Kier alpha value is -0.650. The molecule has 0 saturated carbocycles. The molecule has 1 aliphatic rings. The largest absolute Gasteiger partial charge is 0.395 e. The van der Waals surface area contributed by atoms with Gasteiger partial charge in [0.1, 0.15) is 0 Å². The molecule has 0 aliphatic carbocycles. The van der Waals surface area contributed by atoms with Gasteiger partial charge >= 0.3 is 0 Å². The van der Waals surface area contributed by atoms with Crippen molar-refractivity contribution in [3.63, 3.8) is 0 Å². The molecule has 1 aliphatic heterocycles. The zero-order chi connectivity index (χ0) is 10.4. The van der Waals surface area contributed by atoms with Gasteiger partial charge in [-0.15, -0.1) is 0 Å². The van der Waals surface area contributed by atoms with Gasteiger partial charge in [0, 0.05) is 45.7 Å². The van der Waals surface area contributed by atoms with E-state index in [1.54, 1.807) is 0 Å². The number of nitrogens with two attached hydrogens (primary N) is 1. The lowest BCUT2D eigenvalue weighted by atomic mass is 10.3. The first-order valence-corrected chi connectivity index (χ1v) is 5.09. The fraction of sp³-hybridized carbons (Fsp3) is 0.889. The number of carbonyl (C=O) groups is 1. The lowest BCUT2D eigenvalue weighted by Gasteiger charge is -2.34. The topological polar surface area (TPSA) is 69.8 Å². The van der Waals surface area contributed by atoms with E-state index >= 15 is 0 Å². The van der Waals surface area contributed by atoms with E-state index < -0.39 is 0 Å². The molecule has 3 N–H and O–H groups in total. The molecule has 0 bridgehead atoms. The number of β-amino-alcohol motifs (C(OH)–C–C–N with tert-alkyl or cyclic N) is 1. The van der Waals surface area contributed by atoms with Crippen molar-refractivity contribution in [2.75, 3.05) is 45.9 Å². The summed E-state index contributed by atoms with van der Waals surface area (Å²) >= 11 is 0. The Balaban J connectivity index is 2.24. The first kappa shape index (κ1) is 11.4. The van der Waals surface area contributed by atoms with E-state index in [0.717, 1.165) is 26.2 Å². The van der Waals surface area contributed by atoms with E-state index in [0.29, 0.717) is 19.5 Å². The SMILES string of the molecule is NCCC(=O)N1CCN(CCO)CC1. The minimum atomic E-state index is 0.149. The second-order valence-electron chi connectivity index (χ2n) is 3.48.